The molecule has 2 aromatic rings. The Morgan fingerprint density at radius 2 is 1.78 bits per heavy atom. The molecule has 0 spiro atoms. The molecule has 2 saturated heterocycles. The van der Waals surface area contributed by atoms with E-state index in [0.717, 1.165) is 25.2 Å². The number of hydrogen-bond donors (Lipinski definition) is 1. The number of carbonyl (C=O) groups is 2. The highest BCUT2D eigenvalue weighted by molar-refractivity contribution is 6.46. The lowest BCUT2D eigenvalue weighted by Crippen LogP contribution is -2.39. The number of aliphatic hydroxyl groups is 1. The summed E-state index contributed by atoms with van der Waals surface area (Å²) in [5.41, 5.74) is 2.29. The van der Waals surface area contributed by atoms with Crippen LogP contribution in [0.3, 0.4) is 0 Å². The van der Waals surface area contributed by atoms with Crippen LogP contribution in [0.5, 0.6) is 11.5 Å². The largest absolute Gasteiger partial charge is 0.507 e. The van der Waals surface area contributed by atoms with E-state index in [0.29, 0.717) is 55.4 Å². The molecule has 1 atom stereocenters. The summed E-state index contributed by atoms with van der Waals surface area (Å²) < 4.78 is 16.6. The topological polar surface area (TPSA) is 88.5 Å². The van der Waals surface area contributed by atoms with Gasteiger partial charge in [0.1, 0.15) is 5.76 Å². The van der Waals surface area contributed by atoms with Gasteiger partial charge in [-0.1, -0.05) is 35.9 Å². The van der Waals surface area contributed by atoms with Gasteiger partial charge in [0.15, 0.2) is 11.5 Å². The number of Topliss-reactive ketones (excluding diaryl/α,β-unsaturated/α-hetero) is 1. The summed E-state index contributed by atoms with van der Waals surface area (Å²) in [4.78, 5) is 30.4. The zero-order valence-electron chi connectivity index (χ0n) is 21.2. The molecule has 2 aliphatic heterocycles. The number of morpholine rings is 1. The molecule has 8 heteroatoms. The average Bonchev–Trinajstić information content (AvgIpc) is 3.15. The molecule has 0 bridgehead atoms. The van der Waals surface area contributed by atoms with E-state index in [2.05, 4.69) is 4.90 Å². The summed E-state index contributed by atoms with van der Waals surface area (Å²) in [6, 6.07) is 11.9. The number of ketones is 1. The zero-order valence-corrected chi connectivity index (χ0v) is 21.2. The van der Waals surface area contributed by atoms with Crippen LogP contribution in [-0.4, -0.2) is 79.7 Å². The number of rotatable bonds is 9. The van der Waals surface area contributed by atoms with Gasteiger partial charge in [0, 0.05) is 31.7 Å². The Bertz CT molecular complexity index is 1120. The van der Waals surface area contributed by atoms with Crippen molar-refractivity contribution in [1.82, 2.24) is 9.80 Å². The van der Waals surface area contributed by atoms with Crippen LogP contribution in [0.1, 0.15) is 36.1 Å². The highest BCUT2D eigenvalue weighted by Crippen LogP contribution is 2.42. The van der Waals surface area contributed by atoms with E-state index >= 15 is 0 Å². The van der Waals surface area contributed by atoms with Crippen molar-refractivity contribution in [3.63, 3.8) is 0 Å². The molecule has 1 amide bonds. The molecular formula is C28H34N2O6. The Balaban J connectivity index is 1.71. The van der Waals surface area contributed by atoms with Gasteiger partial charge in [-0.3, -0.25) is 14.5 Å². The first kappa shape index (κ1) is 25.7. The van der Waals surface area contributed by atoms with Gasteiger partial charge in [0.25, 0.3) is 11.7 Å². The van der Waals surface area contributed by atoms with Crippen molar-refractivity contribution in [3.05, 3.63) is 64.7 Å². The molecule has 2 heterocycles. The van der Waals surface area contributed by atoms with Crippen molar-refractivity contribution >= 4 is 17.4 Å². The Labute approximate surface area is 212 Å². The number of benzene rings is 2. The number of likely N-dealkylation sites (tertiary alicyclic amines) is 1. The van der Waals surface area contributed by atoms with Gasteiger partial charge < -0.3 is 24.2 Å². The monoisotopic (exact) mass is 494 g/mol. The number of aliphatic hydroxyl groups excluding tert-OH is 1. The zero-order chi connectivity index (χ0) is 25.7. The first-order chi connectivity index (χ1) is 17.4. The van der Waals surface area contributed by atoms with Crippen molar-refractivity contribution in [2.75, 3.05) is 53.1 Å². The standard InChI is InChI=1S/C28H34N2O6/c1-4-36-22-11-10-21(18-23(22)34-3)25-24(26(31)20-8-6-19(2)7-9-20)27(32)28(33)30(25)13-5-12-29-14-16-35-17-15-29/h6-11,18,25,31H,4-5,12-17H2,1-3H3/b26-24+/t25-/m0/s1. The highest BCUT2D eigenvalue weighted by Gasteiger charge is 2.46. The number of ether oxygens (including phenoxy) is 3. The SMILES string of the molecule is CCOc1ccc([C@H]2/C(=C(\O)c3ccc(C)cc3)C(=O)C(=O)N2CCCN2CCOCC2)cc1OC. The van der Waals surface area contributed by atoms with E-state index in [-0.39, 0.29) is 11.3 Å². The molecule has 192 valence electrons. The van der Waals surface area contributed by atoms with Crippen molar-refractivity contribution in [2.45, 2.75) is 26.3 Å². The third kappa shape index (κ3) is 5.39. The van der Waals surface area contributed by atoms with Crippen LogP contribution >= 0.6 is 0 Å². The van der Waals surface area contributed by atoms with Gasteiger partial charge in [-0.25, -0.2) is 0 Å². The van der Waals surface area contributed by atoms with Crippen LogP contribution in [0.25, 0.3) is 5.76 Å². The third-order valence-corrected chi connectivity index (χ3v) is 6.65. The normalized spacial score (nSPS) is 20.1. The quantitative estimate of drug-likeness (QED) is 0.324. The Morgan fingerprint density at radius 3 is 2.44 bits per heavy atom. The molecule has 2 fully saturated rings. The second kappa shape index (κ2) is 11.6. The van der Waals surface area contributed by atoms with E-state index in [1.807, 2.05) is 32.0 Å². The summed E-state index contributed by atoms with van der Waals surface area (Å²) in [6.45, 7) is 8.60. The molecular weight excluding hydrogens is 460 g/mol. The number of carbonyl (C=O) groups excluding carboxylic acids is 2. The number of amides is 1. The number of methoxy groups -OCH3 is 1. The summed E-state index contributed by atoms with van der Waals surface area (Å²) in [5.74, 6) is -0.391. The molecule has 0 aromatic heterocycles. The van der Waals surface area contributed by atoms with Crippen LogP contribution in [0.15, 0.2) is 48.0 Å². The minimum Gasteiger partial charge on any atom is -0.507 e. The number of aryl methyl sites for hydroxylation is 1. The highest BCUT2D eigenvalue weighted by atomic mass is 16.5. The van der Waals surface area contributed by atoms with E-state index in [1.165, 1.54) is 0 Å². The average molecular weight is 495 g/mol. The van der Waals surface area contributed by atoms with Crippen LogP contribution in [0.4, 0.5) is 0 Å². The number of hydrogen-bond acceptors (Lipinski definition) is 7. The van der Waals surface area contributed by atoms with Crippen molar-refractivity contribution in [1.29, 1.82) is 0 Å². The van der Waals surface area contributed by atoms with Gasteiger partial charge in [0.2, 0.25) is 0 Å². The fourth-order valence-corrected chi connectivity index (χ4v) is 4.74. The molecule has 0 radical (unpaired) electrons. The third-order valence-electron chi connectivity index (χ3n) is 6.65. The van der Waals surface area contributed by atoms with E-state index in [1.54, 1.807) is 36.3 Å². The van der Waals surface area contributed by atoms with Crippen LogP contribution < -0.4 is 9.47 Å². The second-order valence-electron chi connectivity index (χ2n) is 9.01. The maximum Gasteiger partial charge on any atom is 0.295 e. The number of nitrogens with zero attached hydrogens (tertiary/aromatic N) is 2. The molecule has 2 aliphatic rings. The lowest BCUT2D eigenvalue weighted by molar-refractivity contribution is -0.140. The van der Waals surface area contributed by atoms with Gasteiger partial charge in [0.05, 0.1) is 38.5 Å². The molecule has 2 aromatic carbocycles. The van der Waals surface area contributed by atoms with Crippen molar-refractivity contribution < 1.29 is 28.9 Å². The molecule has 0 aliphatic carbocycles. The first-order valence-electron chi connectivity index (χ1n) is 12.4. The molecule has 0 unspecified atom stereocenters. The predicted molar refractivity (Wildman–Crippen MR) is 136 cm³/mol. The maximum absolute atomic E-state index is 13.3. The first-order valence-corrected chi connectivity index (χ1v) is 12.4. The fraction of sp³-hybridized carbons (Fsp3) is 0.429. The Morgan fingerprint density at radius 1 is 1.06 bits per heavy atom. The minimum atomic E-state index is -0.736. The molecule has 36 heavy (non-hydrogen) atoms. The Hall–Kier alpha value is -3.36. The van der Waals surface area contributed by atoms with E-state index in [4.69, 9.17) is 14.2 Å². The summed E-state index contributed by atoms with van der Waals surface area (Å²) >= 11 is 0. The second-order valence-corrected chi connectivity index (χ2v) is 9.01. The van der Waals surface area contributed by atoms with Crippen LogP contribution in [0, 0.1) is 6.92 Å². The molecule has 4 rings (SSSR count). The molecule has 1 N–H and O–H groups in total. The summed E-state index contributed by atoms with van der Waals surface area (Å²) in [6.07, 6.45) is 0.697. The minimum absolute atomic E-state index is 0.0847. The summed E-state index contributed by atoms with van der Waals surface area (Å²) in [5, 5.41) is 11.2. The van der Waals surface area contributed by atoms with E-state index in [9.17, 15) is 14.7 Å². The lowest BCUT2D eigenvalue weighted by Gasteiger charge is -2.29. The summed E-state index contributed by atoms with van der Waals surface area (Å²) in [7, 11) is 1.55. The van der Waals surface area contributed by atoms with Gasteiger partial charge in [-0.15, -0.1) is 0 Å². The maximum atomic E-state index is 13.3. The van der Waals surface area contributed by atoms with Gasteiger partial charge in [-0.05, 0) is 38.0 Å². The fourth-order valence-electron chi connectivity index (χ4n) is 4.74. The Kier molecular flexibility index (Phi) is 8.28. The van der Waals surface area contributed by atoms with E-state index < -0.39 is 17.7 Å². The van der Waals surface area contributed by atoms with Gasteiger partial charge in [-0.2, -0.15) is 0 Å². The molecule has 0 saturated carbocycles. The van der Waals surface area contributed by atoms with Crippen LogP contribution in [0.2, 0.25) is 0 Å². The van der Waals surface area contributed by atoms with Crippen molar-refractivity contribution in [2.24, 2.45) is 0 Å². The van der Waals surface area contributed by atoms with Crippen LogP contribution in [-0.2, 0) is 14.3 Å². The lowest BCUT2D eigenvalue weighted by atomic mass is 9.94. The molecule has 8 nitrogen and oxygen atoms in total. The van der Waals surface area contributed by atoms with Crippen molar-refractivity contribution in [3.8, 4) is 11.5 Å². The predicted octanol–water partition coefficient (Wildman–Crippen LogP) is 3.55. The smallest absolute Gasteiger partial charge is 0.295 e. The van der Waals surface area contributed by atoms with Gasteiger partial charge >= 0.3 is 0 Å².